The van der Waals surface area contributed by atoms with E-state index in [0.717, 1.165) is 36.5 Å². The Bertz CT molecular complexity index is 1410. The number of quaternary nitrogens is 1. The van der Waals surface area contributed by atoms with Gasteiger partial charge in [0.25, 0.3) is 11.5 Å². The van der Waals surface area contributed by atoms with Crippen molar-refractivity contribution in [3.05, 3.63) is 75.5 Å². The molecule has 0 atom stereocenters. The number of halogens is 3. The van der Waals surface area contributed by atoms with Gasteiger partial charge in [0.2, 0.25) is 0 Å². The van der Waals surface area contributed by atoms with E-state index in [0.29, 0.717) is 41.9 Å². The molecule has 2 aromatic carbocycles. The average molecular weight is 529 g/mol. The molecule has 38 heavy (non-hydrogen) atoms. The van der Waals surface area contributed by atoms with Gasteiger partial charge in [-0.1, -0.05) is 6.07 Å². The van der Waals surface area contributed by atoms with Crippen LogP contribution >= 0.6 is 0 Å². The number of carbonyl (C=O) groups is 1. The molecule has 1 amide bonds. The molecular formula is C26H29F3N7O2+. The summed E-state index contributed by atoms with van der Waals surface area (Å²) < 4.78 is 44.4. The number of hydrogen-bond acceptors (Lipinski definition) is 6. The summed E-state index contributed by atoms with van der Waals surface area (Å²) in [7, 11) is 0. The molecule has 2 heterocycles. The van der Waals surface area contributed by atoms with Crippen LogP contribution in [0.15, 0.2) is 41.2 Å². The highest BCUT2D eigenvalue weighted by atomic mass is 19.1. The molecule has 0 saturated carbocycles. The Kier molecular flexibility index (Phi) is 7.93. The molecule has 1 aromatic heterocycles. The third-order valence-electron chi connectivity index (χ3n) is 6.26. The summed E-state index contributed by atoms with van der Waals surface area (Å²) in [5.74, 6) is -3.52. The molecule has 1 aliphatic heterocycles. The molecule has 0 bridgehead atoms. The zero-order valence-electron chi connectivity index (χ0n) is 21.0. The largest absolute Gasteiger partial charge is 0.369 e. The Morgan fingerprint density at radius 1 is 1.13 bits per heavy atom. The van der Waals surface area contributed by atoms with E-state index >= 15 is 4.39 Å². The van der Waals surface area contributed by atoms with Gasteiger partial charge >= 0.3 is 0 Å². The minimum Gasteiger partial charge on any atom is -0.369 e. The van der Waals surface area contributed by atoms with E-state index in [1.165, 1.54) is 6.07 Å². The molecular weight excluding hydrogens is 499 g/mol. The number of nitrogens with zero attached hydrogens (tertiary/aromatic N) is 3. The highest BCUT2D eigenvalue weighted by Gasteiger charge is 2.28. The molecule has 3 aromatic rings. The second-order valence-electron chi connectivity index (χ2n) is 9.45. The molecule has 0 radical (unpaired) electrons. The van der Waals surface area contributed by atoms with Gasteiger partial charge in [-0.2, -0.15) is 9.78 Å². The van der Waals surface area contributed by atoms with Gasteiger partial charge in [0.1, 0.15) is 11.4 Å². The van der Waals surface area contributed by atoms with Crippen molar-refractivity contribution < 1.29 is 23.3 Å². The zero-order valence-corrected chi connectivity index (χ0v) is 21.0. The first-order valence-corrected chi connectivity index (χ1v) is 12.2. The van der Waals surface area contributed by atoms with E-state index in [1.54, 1.807) is 5.32 Å². The maximum absolute atomic E-state index is 15.3. The summed E-state index contributed by atoms with van der Waals surface area (Å²) in [5.41, 5.74) is 5.28. The molecule has 12 heteroatoms. The Labute approximate surface area is 217 Å². The van der Waals surface area contributed by atoms with Crippen LogP contribution in [0, 0.1) is 22.9 Å². The minimum absolute atomic E-state index is 0.00435. The van der Waals surface area contributed by atoms with Crippen LogP contribution in [0.1, 0.15) is 42.7 Å². The van der Waals surface area contributed by atoms with Crippen LogP contribution in [-0.4, -0.2) is 47.1 Å². The van der Waals surface area contributed by atoms with Crippen LogP contribution in [0.3, 0.4) is 0 Å². The summed E-state index contributed by atoms with van der Waals surface area (Å²) >= 11 is 0. The van der Waals surface area contributed by atoms with Crippen molar-refractivity contribution >= 4 is 29.2 Å². The summed E-state index contributed by atoms with van der Waals surface area (Å²) in [4.78, 5) is 27.5. The molecule has 6 N–H and O–H groups in total. The van der Waals surface area contributed by atoms with E-state index in [4.69, 9.17) is 11.1 Å². The number of nitrogens with one attached hydrogen (secondary N) is 2. The van der Waals surface area contributed by atoms with Crippen LogP contribution in [0.25, 0.3) is 5.69 Å². The first-order chi connectivity index (χ1) is 18.1. The maximum Gasteiger partial charge on any atom is 0.276 e. The number of rotatable bonds is 7. The van der Waals surface area contributed by atoms with E-state index in [9.17, 15) is 18.4 Å². The highest BCUT2D eigenvalue weighted by molar-refractivity contribution is 6.07. The second-order valence-corrected chi connectivity index (χ2v) is 9.45. The van der Waals surface area contributed by atoms with Gasteiger partial charge in [0.15, 0.2) is 23.1 Å². The van der Waals surface area contributed by atoms with Gasteiger partial charge in [0.05, 0.1) is 23.0 Å². The molecule has 4 rings (SSSR count). The maximum atomic E-state index is 15.3. The van der Waals surface area contributed by atoms with Gasteiger partial charge < -0.3 is 26.7 Å². The number of anilines is 2. The summed E-state index contributed by atoms with van der Waals surface area (Å²) in [6.07, 6.45) is 2.40. The van der Waals surface area contributed by atoms with E-state index < -0.39 is 34.6 Å². The number of para-hydroxylation sites is 1. The summed E-state index contributed by atoms with van der Waals surface area (Å²) in [5, 5.41) is 16.3. The van der Waals surface area contributed by atoms with Crippen LogP contribution in [0.2, 0.25) is 0 Å². The van der Waals surface area contributed by atoms with Gasteiger partial charge in [-0.25, -0.2) is 13.2 Å². The molecule has 1 saturated heterocycles. The molecule has 1 aliphatic rings. The molecule has 0 unspecified atom stereocenters. The number of nitrogens with two attached hydrogens (primary N) is 2. The van der Waals surface area contributed by atoms with Crippen molar-refractivity contribution in [2.75, 3.05) is 23.3 Å². The van der Waals surface area contributed by atoms with E-state index in [1.807, 2.05) is 18.7 Å². The topological polar surface area (TPSA) is 134 Å². The first kappa shape index (κ1) is 27.0. The van der Waals surface area contributed by atoms with Crippen molar-refractivity contribution in [3.8, 4) is 5.69 Å². The van der Waals surface area contributed by atoms with Crippen LogP contribution in [0.4, 0.5) is 30.2 Å². The number of aromatic nitrogens is 2. The highest BCUT2D eigenvalue weighted by Crippen LogP contribution is 2.36. The van der Waals surface area contributed by atoms with Crippen molar-refractivity contribution in [1.29, 1.82) is 5.41 Å². The Morgan fingerprint density at radius 3 is 2.39 bits per heavy atom. The molecule has 9 nitrogen and oxygen atoms in total. The van der Waals surface area contributed by atoms with Crippen molar-refractivity contribution in [2.24, 2.45) is 5.73 Å². The van der Waals surface area contributed by atoms with E-state index in [2.05, 4.69) is 10.4 Å². The van der Waals surface area contributed by atoms with Gasteiger partial charge in [-0.15, -0.1) is 0 Å². The van der Waals surface area contributed by atoms with Crippen LogP contribution in [0.5, 0.6) is 0 Å². The predicted molar refractivity (Wildman–Crippen MR) is 138 cm³/mol. The number of benzene rings is 2. The lowest BCUT2D eigenvalue weighted by molar-refractivity contribution is -0.605. The first-order valence-electron chi connectivity index (χ1n) is 12.2. The van der Waals surface area contributed by atoms with Gasteiger partial charge in [-0.3, -0.25) is 9.59 Å². The van der Waals surface area contributed by atoms with Gasteiger partial charge in [-0.05, 0) is 44.9 Å². The lowest BCUT2D eigenvalue weighted by atomic mass is 10.0. The number of amides is 1. The monoisotopic (exact) mass is 528 g/mol. The van der Waals surface area contributed by atoms with Crippen LogP contribution < -0.4 is 26.8 Å². The van der Waals surface area contributed by atoms with Crippen molar-refractivity contribution in [2.45, 2.75) is 38.8 Å². The lowest BCUT2D eigenvalue weighted by Crippen LogP contribution is -2.83. The minimum atomic E-state index is -1.03. The number of hydrogen-bond donors (Lipinski definition) is 4. The smallest absolute Gasteiger partial charge is 0.276 e. The Morgan fingerprint density at radius 2 is 1.79 bits per heavy atom. The van der Waals surface area contributed by atoms with E-state index in [-0.39, 0.29) is 29.2 Å². The van der Waals surface area contributed by atoms with Gasteiger partial charge in [0, 0.05) is 37.5 Å². The SMILES string of the molecule is CC(C)[NH2+]c1c(F)cc(NC(=O)c2ccc(=O)n(-c3c(F)cccc3F)n2)c(N2CCC(N)CC2)c1C=N. The third kappa shape index (κ3) is 5.46. The molecule has 0 spiro atoms. The lowest BCUT2D eigenvalue weighted by Gasteiger charge is -2.34. The quantitative estimate of drug-likeness (QED) is 0.276. The molecule has 1 fully saturated rings. The Balaban J connectivity index is 1.78. The standard InChI is InChI=1S/C26H28F3N7O2/c1-14(2)32-23-16(13-30)24(35-10-8-15(31)9-11-35)21(12-19(23)29)33-26(38)20-6-7-22(37)36(34-20)25-17(27)4-3-5-18(25)28/h3-7,12-15,30,32H,8-11,31H2,1-2H3,(H,33,38)/p+1. The number of carbonyl (C=O) groups excluding carboxylic acids is 1. The summed E-state index contributed by atoms with van der Waals surface area (Å²) in [6, 6.07) is 6.33. The molecule has 200 valence electrons. The fourth-order valence-corrected chi connectivity index (χ4v) is 4.45. The second kappa shape index (κ2) is 11.2. The zero-order chi connectivity index (χ0) is 27.6. The predicted octanol–water partition coefficient (Wildman–Crippen LogP) is 2.43. The average Bonchev–Trinajstić information content (AvgIpc) is 2.86. The van der Waals surface area contributed by atoms with Crippen molar-refractivity contribution in [1.82, 2.24) is 9.78 Å². The fourth-order valence-electron chi connectivity index (χ4n) is 4.45. The number of piperidine rings is 1. The summed E-state index contributed by atoms with van der Waals surface area (Å²) in [6.45, 7) is 4.85. The Hall–Kier alpha value is -4.03. The third-order valence-corrected chi connectivity index (χ3v) is 6.26. The molecule has 0 aliphatic carbocycles. The fraction of sp³-hybridized carbons (Fsp3) is 0.308. The van der Waals surface area contributed by atoms with Crippen molar-refractivity contribution in [3.63, 3.8) is 0 Å². The van der Waals surface area contributed by atoms with Crippen LogP contribution in [-0.2, 0) is 0 Å². The normalized spacial score (nSPS) is 14.1.